The van der Waals surface area contributed by atoms with Crippen LogP contribution in [-0.4, -0.2) is 23.1 Å². The largest absolute Gasteiger partial charge is 0.508 e. The summed E-state index contributed by atoms with van der Waals surface area (Å²) in [5.41, 5.74) is 6.60. The van der Waals surface area contributed by atoms with Crippen molar-refractivity contribution in [3.05, 3.63) is 78.4 Å². The number of unbranched alkanes of at least 4 members (excludes halogenated alkanes) is 2. The molecule has 5 nitrogen and oxygen atoms in total. The van der Waals surface area contributed by atoms with E-state index in [-0.39, 0.29) is 18.6 Å². The number of carbonyl (C=O) groups is 2. The number of aromatic hydroxyl groups is 1. The lowest BCUT2D eigenvalue weighted by molar-refractivity contribution is -0.160. The Morgan fingerprint density at radius 1 is 0.906 bits per heavy atom. The van der Waals surface area contributed by atoms with Gasteiger partial charge in [-0.05, 0) is 69.1 Å². The molecule has 0 aliphatic rings. The van der Waals surface area contributed by atoms with Crippen molar-refractivity contribution in [1.82, 2.24) is 0 Å². The SMILES string of the molecule is CC/C=C\C/C=C\C/C=C\C/C=C/CCCCC(=O)OC(=O)[C@@H](N)Cc1ccc(O)cc1. The minimum atomic E-state index is -0.909. The highest BCUT2D eigenvalue weighted by molar-refractivity contribution is 5.88. The van der Waals surface area contributed by atoms with E-state index in [1.54, 1.807) is 12.1 Å². The fraction of sp³-hybridized carbons (Fsp3) is 0.407. The molecule has 0 fully saturated rings. The zero-order chi connectivity index (χ0) is 23.4. The lowest BCUT2D eigenvalue weighted by atomic mass is 10.1. The quantitative estimate of drug-likeness (QED) is 0.158. The van der Waals surface area contributed by atoms with Gasteiger partial charge in [-0.2, -0.15) is 0 Å². The van der Waals surface area contributed by atoms with Crippen LogP contribution in [0.25, 0.3) is 0 Å². The van der Waals surface area contributed by atoms with Gasteiger partial charge in [-0.3, -0.25) is 4.79 Å². The van der Waals surface area contributed by atoms with E-state index in [1.807, 2.05) is 0 Å². The molecule has 1 aromatic carbocycles. The first kappa shape index (κ1) is 27.1. The zero-order valence-electron chi connectivity index (χ0n) is 19.1. The van der Waals surface area contributed by atoms with Gasteiger partial charge in [0.15, 0.2) is 0 Å². The summed E-state index contributed by atoms with van der Waals surface area (Å²) in [4.78, 5) is 23.8. The second kappa shape index (κ2) is 17.7. The minimum Gasteiger partial charge on any atom is -0.508 e. The summed E-state index contributed by atoms with van der Waals surface area (Å²) in [6.45, 7) is 2.13. The Labute approximate surface area is 192 Å². The van der Waals surface area contributed by atoms with Crippen LogP contribution in [0, 0.1) is 0 Å². The van der Waals surface area contributed by atoms with E-state index in [2.05, 4.69) is 55.5 Å². The Morgan fingerprint density at radius 3 is 2.06 bits per heavy atom. The Kier molecular flexibility index (Phi) is 15.0. The molecule has 0 bridgehead atoms. The van der Waals surface area contributed by atoms with Crippen LogP contribution in [-0.2, 0) is 20.7 Å². The van der Waals surface area contributed by atoms with Crippen molar-refractivity contribution in [2.24, 2.45) is 5.73 Å². The second-order valence-corrected chi connectivity index (χ2v) is 7.52. The summed E-state index contributed by atoms with van der Waals surface area (Å²) >= 11 is 0. The number of phenolic OH excluding ortho intramolecular Hbond substituents is 1. The van der Waals surface area contributed by atoms with Crippen LogP contribution in [0.1, 0.15) is 63.9 Å². The number of ether oxygens (including phenoxy) is 1. The molecular formula is C27H37NO4. The molecule has 0 aliphatic heterocycles. The van der Waals surface area contributed by atoms with Gasteiger partial charge in [-0.15, -0.1) is 0 Å². The normalized spacial score (nSPS) is 12.9. The maximum absolute atomic E-state index is 11.9. The maximum Gasteiger partial charge on any atom is 0.330 e. The molecule has 32 heavy (non-hydrogen) atoms. The highest BCUT2D eigenvalue weighted by atomic mass is 16.6. The van der Waals surface area contributed by atoms with Crippen molar-refractivity contribution in [3.63, 3.8) is 0 Å². The molecule has 0 spiro atoms. The van der Waals surface area contributed by atoms with Gasteiger partial charge in [0, 0.05) is 6.42 Å². The molecule has 0 saturated heterocycles. The molecule has 5 heteroatoms. The van der Waals surface area contributed by atoms with E-state index < -0.39 is 18.0 Å². The number of esters is 2. The van der Waals surface area contributed by atoms with Crippen molar-refractivity contribution in [3.8, 4) is 5.75 Å². The monoisotopic (exact) mass is 439 g/mol. The van der Waals surface area contributed by atoms with Gasteiger partial charge >= 0.3 is 11.9 Å². The summed E-state index contributed by atoms with van der Waals surface area (Å²) in [6, 6.07) is 5.49. The number of hydrogen-bond acceptors (Lipinski definition) is 5. The molecule has 0 amide bonds. The summed E-state index contributed by atoms with van der Waals surface area (Å²) in [7, 11) is 0. The molecule has 0 saturated carbocycles. The third-order valence-corrected chi connectivity index (χ3v) is 4.63. The van der Waals surface area contributed by atoms with Gasteiger partial charge in [-0.1, -0.05) is 67.7 Å². The predicted molar refractivity (Wildman–Crippen MR) is 130 cm³/mol. The number of rotatable bonds is 15. The highest BCUT2D eigenvalue weighted by Gasteiger charge is 2.19. The molecule has 1 atom stereocenters. The number of carbonyl (C=O) groups excluding carboxylic acids is 2. The summed E-state index contributed by atoms with van der Waals surface area (Å²) < 4.78 is 4.84. The van der Waals surface area contributed by atoms with Crippen LogP contribution in [0.5, 0.6) is 5.75 Å². The van der Waals surface area contributed by atoms with E-state index in [4.69, 9.17) is 10.5 Å². The first-order chi connectivity index (χ1) is 15.5. The third-order valence-electron chi connectivity index (χ3n) is 4.63. The summed E-state index contributed by atoms with van der Waals surface area (Å²) in [5, 5.41) is 9.27. The van der Waals surface area contributed by atoms with Gasteiger partial charge in [0.25, 0.3) is 0 Å². The van der Waals surface area contributed by atoms with E-state index in [1.165, 1.54) is 12.1 Å². The molecule has 174 valence electrons. The van der Waals surface area contributed by atoms with Crippen molar-refractivity contribution in [1.29, 1.82) is 0 Å². The van der Waals surface area contributed by atoms with Gasteiger partial charge in [0.05, 0.1) is 0 Å². The fourth-order valence-corrected chi connectivity index (χ4v) is 2.84. The van der Waals surface area contributed by atoms with Crippen molar-refractivity contribution < 1.29 is 19.4 Å². The first-order valence-corrected chi connectivity index (χ1v) is 11.4. The maximum atomic E-state index is 11.9. The first-order valence-electron chi connectivity index (χ1n) is 11.4. The second-order valence-electron chi connectivity index (χ2n) is 7.52. The molecule has 0 aromatic heterocycles. The third kappa shape index (κ3) is 14.1. The number of phenols is 1. The number of hydrogen-bond donors (Lipinski definition) is 2. The molecular weight excluding hydrogens is 402 g/mol. The van der Waals surface area contributed by atoms with Gasteiger partial charge in [-0.25, -0.2) is 4.79 Å². The standard InChI is InChI=1S/C27H37NO4/c1-2-3-4-5-6-7-8-9-10-11-12-13-14-15-16-17-26(30)32-27(31)25(28)22-23-18-20-24(29)21-19-23/h3-4,6-7,9-10,12-13,18-21,25,29H,2,5,8,11,14-17,22,28H2,1H3/b4-3-,7-6-,10-9-,13-12+/t25-/m0/s1. The number of nitrogens with two attached hydrogens (primary N) is 1. The van der Waals surface area contributed by atoms with Crippen LogP contribution >= 0.6 is 0 Å². The Balaban J connectivity index is 2.07. The molecule has 1 rings (SSSR count). The van der Waals surface area contributed by atoms with Crippen molar-refractivity contribution in [2.45, 2.75) is 70.8 Å². The Morgan fingerprint density at radius 2 is 1.47 bits per heavy atom. The predicted octanol–water partition coefficient (Wildman–Crippen LogP) is 5.70. The zero-order valence-corrected chi connectivity index (χ0v) is 19.1. The lowest BCUT2D eigenvalue weighted by Gasteiger charge is -2.10. The van der Waals surface area contributed by atoms with Crippen LogP contribution in [0.2, 0.25) is 0 Å². The summed E-state index contributed by atoms with van der Waals surface area (Å²) in [5.74, 6) is -1.12. The summed E-state index contributed by atoms with van der Waals surface area (Å²) in [6.07, 6.45) is 24.0. The van der Waals surface area contributed by atoms with E-state index in [9.17, 15) is 14.7 Å². The van der Waals surface area contributed by atoms with Crippen LogP contribution in [0.3, 0.4) is 0 Å². The Bertz CT molecular complexity index is 775. The minimum absolute atomic E-state index is 0.144. The van der Waals surface area contributed by atoms with Gasteiger partial charge < -0.3 is 15.6 Å². The van der Waals surface area contributed by atoms with Crippen LogP contribution < -0.4 is 5.73 Å². The fourth-order valence-electron chi connectivity index (χ4n) is 2.84. The van der Waals surface area contributed by atoms with Crippen molar-refractivity contribution in [2.75, 3.05) is 0 Å². The molecule has 0 heterocycles. The van der Waals surface area contributed by atoms with Crippen LogP contribution in [0.15, 0.2) is 72.9 Å². The average molecular weight is 440 g/mol. The number of benzene rings is 1. The molecule has 0 unspecified atom stereocenters. The highest BCUT2D eigenvalue weighted by Crippen LogP contribution is 2.11. The topological polar surface area (TPSA) is 89.6 Å². The van der Waals surface area contributed by atoms with Gasteiger partial charge in [0.2, 0.25) is 0 Å². The Hall–Kier alpha value is -2.92. The van der Waals surface area contributed by atoms with Crippen LogP contribution in [0.4, 0.5) is 0 Å². The van der Waals surface area contributed by atoms with E-state index >= 15 is 0 Å². The molecule has 3 N–H and O–H groups in total. The van der Waals surface area contributed by atoms with Gasteiger partial charge in [0.1, 0.15) is 11.8 Å². The average Bonchev–Trinajstić information content (AvgIpc) is 2.77. The molecule has 0 aliphatic carbocycles. The molecule has 1 aromatic rings. The van der Waals surface area contributed by atoms with E-state index in [0.717, 1.165) is 44.1 Å². The smallest absolute Gasteiger partial charge is 0.330 e. The molecule has 0 radical (unpaired) electrons. The van der Waals surface area contributed by atoms with Crippen molar-refractivity contribution >= 4 is 11.9 Å². The number of allylic oxidation sites excluding steroid dienone is 8. The lowest BCUT2D eigenvalue weighted by Crippen LogP contribution is -2.35. The van der Waals surface area contributed by atoms with E-state index in [0.29, 0.717) is 6.42 Å².